The van der Waals surface area contributed by atoms with Crippen LogP contribution in [-0.4, -0.2) is 26.2 Å². The van der Waals surface area contributed by atoms with E-state index in [2.05, 4.69) is 54.5 Å². The molecule has 0 atom stereocenters. The van der Waals surface area contributed by atoms with E-state index in [1.54, 1.807) is 24.3 Å². The Hall–Kier alpha value is -4.46. The Morgan fingerprint density at radius 3 is 0.917 bits per heavy atom. The second kappa shape index (κ2) is 10.9. The Morgan fingerprint density at radius 2 is 0.639 bits per heavy atom. The molecule has 0 aromatic heterocycles. The molecule has 180 valence electrons. The van der Waals surface area contributed by atoms with Crippen LogP contribution < -0.4 is 9.80 Å². The third kappa shape index (κ3) is 5.96. The molecule has 0 bridgehead atoms. The fraction of sp³-hybridized carbons (Fsp3) is 0.143. The van der Waals surface area contributed by atoms with Crippen molar-refractivity contribution in [1.29, 1.82) is 0 Å². The van der Waals surface area contributed by atoms with Crippen LogP contribution in [0.15, 0.2) is 118 Å². The molecule has 1 fully saturated rings. The Morgan fingerprint density at radius 1 is 0.389 bits per heavy atom. The van der Waals surface area contributed by atoms with Crippen molar-refractivity contribution in [2.75, 3.05) is 36.0 Å². The largest absolute Gasteiger partial charge is 0.368 e. The first-order valence-corrected chi connectivity index (χ1v) is 11.7. The molecule has 0 amide bonds. The van der Waals surface area contributed by atoms with Crippen molar-refractivity contribution < 1.29 is 8.78 Å². The summed E-state index contributed by atoms with van der Waals surface area (Å²) in [6.07, 6.45) is 0. The number of anilines is 2. The Balaban J connectivity index is 1.14. The highest BCUT2D eigenvalue weighted by atomic mass is 19.1. The van der Waals surface area contributed by atoms with Crippen LogP contribution in [0.25, 0.3) is 0 Å². The maximum Gasteiger partial charge on any atom is 0.123 e. The Labute approximate surface area is 208 Å². The molecule has 4 aromatic carbocycles. The molecule has 1 saturated heterocycles. The molecule has 0 spiro atoms. The van der Waals surface area contributed by atoms with E-state index in [4.69, 9.17) is 0 Å². The average molecular weight is 483 g/mol. The summed E-state index contributed by atoms with van der Waals surface area (Å²) in [5.74, 6) is -0.583. The lowest BCUT2D eigenvalue weighted by molar-refractivity contribution is 0.627. The van der Waals surface area contributed by atoms with Crippen molar-refractivity contribution in [2.45, 2.75) is 0 Å². The number of hydrogen-bond donors (Lipinski definition) is 0. The first-order chi connectivity index (χ1) is 17.6. The predicted molar refractivity (Wildman–Crippen MR) is 138 cm³/mol. The van der Waals surface area contributed by atoms with Gasteiger partial charge in [-0.3, -0.25) is 0 Å². The fourth-order valence-corrected chi connectivity index (χ4v) is 3.93. The molecule has 4 aromatic rings. The Bertz CT molecular complexity index is 1220. The van der Waals surface area contributed by atoms with E-state index in [0.717, 1.165) is 48.9 Å². The van der Waals surface area contributed by atoms with Gasteiger partial charge in [-0.2, -0.15) is 20.5 Å². The monoisotopic (exact) mass is 482 g/mol. The average Bonchev–Trinajstić information content (AvgIpc) is 2.93. The molecule has 1 aliphatic rings. The zero-order chi connectivity index (χ0) is 24.7. The van der Waals surface area contributed by atoms with Crippen molar-refractivity contribution in [3.8, 4) is 0 Å². The second-order valence-electron chi connectivity index (χ2n) is 8.36. The number of rotatable bonds is 6. The summed E-state index contributed by atoms with van der Waals surface area (Å²) in [4.78, 5) is 4.70. The van der Waals surface area contributed by atoms with E-state index in [1.807, 2.05) is 24.3 Å². The molecule has 0 aliphatic carbocycles. The summed E-state index contributed by atoms with van der Waals surface area (Å²) in [6.45, 7) is 3.62. The summed E-state index contributed by atoms with van der Waals surface area (Å²) in [6, 6.07) is 27.8. The van der Waals surface area contributed by atoms with Crippen LogP contribution in [0.4, 0.5) is 42.9 Å². The summed E-state index contributed by atoms with van der Waals surface area (Å²) < 4.78 is 26.0. The van der Waals surface area contributed by atoms with Gasteiger partial charge in [0, 0.05) is 37.6 Å². The van der Waals surface area contributed by atoms with Gasteiger partial charge in [-0.05, 0) is 97.1 Å². The van der Waals surface area contributed by atoms with Gasteiger partial charge in [-0.1, -0.05) is 0 Å². The van der Waals surface area contributed by atoms with Crippen LogP contribution in [0.2, 0.25) is 0 Å². The van der Waals surface area contributed by atoms with Gasteiger partial charge in [0.1, 0.15) is 11.6 Å². The minimum Gasteiger partial charge on any atom is -0.368 e. The molecule has 0 unspecified atom stereocenters. The van der Waals surface area contributed by atoms with Crippen LogP contribution >= 0.6 is 0 Å². The van der Waals surface area contributed by atoms with E-state index >= 15 is 0 Å². The van der Waals surface area contributed by atoms with Gasteiger partial charge in [0.2, 0.25) is 0 Å². The number of nitrogens with zero attached hydrogens (tertiary/aromatic N) is 6. The third-order valence-electron chi connectivity index (χ3n) is 5.92. The van der Waals surface area contributed by atoms with Crippen molar-refractivity contribution in [2.24, 2.45) is 20.5 Å². The summed E-state index contributed by atoms with van der Waals surface area (Å²) >= 11 is 0. The number of hydrogen-bond acceptors (Lipinski definition) is 6. The molecule has 1 heterocycles. The zero-order valence-electron chi connectivity index (χ0n) is 19.5. The molecule has 1 aliphatic heterocycles. The van der Waals surface area contributed by atoms with Crippen molar-refractivity contribution >= 4 is 34.1 Å². The van der Waals surface area contributed by atoms with Gasteiger partial charge in [0.25, 0.3) is 0 Å². The minimum atomic E-state index is -0.291. The highest BCUT2D eigenvalue weighted by Crippen LogP contribution is 2.26. The van der Waals surface area contributed by atoms with E-state index < -0.39 is 0 Å². The molecule has 0 radical (unpaired) electrons. The van der Waals surface area contributed by atoms with E-state index in [-0.39, 0.29) is 11.6 Å². The summed E-state index contributed by atoms with van der Waals surface area (Å²) in [5, 5.41) is 16.8. The van der Waals surface area contributed by atoms with Crippen LogP contribution in [0.3, 0.4) is 0 Å². The van der Waals surface area contributed by atoms with Crippen molar-refractivity contribution in [3.63, 3.8) is 0 Å². The van der Waals surface area contributed by atoms with Gasteiger partial charge in [-0.25, -0.2) is 8.78 Å². The summed E-state index contributed by atoms with van der Waals surface area (Å²) in [5.41, 5.74) is 5.01. The standard InChI is InChI=1S/C28H24F2N6/c29-21-1-5-23(6-2-21)31-33-25-9-13-27(14-10-25)35-17-19-36(20-18-35)28-15-11-26(12-16-28)34-32-24-7-3-22(30)4-8-24/h1-16H,17-20H2. The molecular weight excluding hydrogens is 458 g/mol. The van der Waals surface area contributed by atoms with Crippen LogP contribution in [0.1, 0.15) is 0 Å². The summed E-state index contributed by atoms with van der Waals surface area (Å²) in [7, 11) is 0. The van der Waals surface area contributed by atoms with Crippen molar-refractivity contribution in [1.82, 2.24) is 0 Å². The van der Waals surface area contributed by atoms with Gasteiger partial charge < -0.3 is 9.80 Å². The lowest BCUT2D eigenvalue weighted by Crippen LogP contribution is -2.46. The molecule has 0 saturated carbocycles. The maximum atomic E-state index is 13.0. The lowest BCUT2D eigenvalue weighted by Gasteiger charge is -2.37. The SMILES string of the molecule is Fc1ccc(N=Nc2ccc(N3CCN(c4ccc(N=Nc5ccc(F)cc5)cc4)CC3)cc2)cc1. The maximum absolute atomic E-state index is 13.0. The molecule has 5 rings (SSSR count). The van der Waals surface area contributed by atoms with E-state index in [1.165, 1.54) is 24.3 Å². The molecule has 36 heavy (non-hydrogen) atoms. The predicted octanol–water partition coefficient (Wildman–Crippen LogP) is 8.12. The quantitative estimate of drug-likeness (QED) is 0.261. The highest BCUT2D eigenvalue weighted by Gasteiger charge is 2.17. The van der Waals surface area contributed by atoms with Gasteiger partial charge in [-0.15, -0.1) is 0 Å². The van der Waals surface area contributed by atoms with Gasteiger partial charge in [0.15, 0.2) is 0 Å². The second-order valence-corrected chi connectivity index (χ2v) is 8.36. The van der Waals surface area contributed by atoms with Crippen LogP contribution in [-0.2, 0) is 0 Å². The van der Waals surface area contributed by atoms with Gasteiger partial charge in [0.05, 0.1) is 22.7 Å². The van der Waals surface area contributed by atoms with E-state index in [0.29, 0.717) is 11.4 Å². The normalized spacial score (nSPS) is 14.2. The number of halogens is 2. The van der Waals surface area contributed by atoms with Crippen LogP contribution in [0, 0.1) is 11.6 Å². The minimum absolute atomic E-state index is 0.291. The highest BCUT2D eigenvalue weighted by molar-refractivity contribution is 5.57. The first kappa shape index (κ1) is 23.3. The molecule has 0 N–H and O–H groups in total. The number of benzene rings is 4. The number of piperazine rings is 1. The Kier molecular flexibility index (Phi) is 7.02. The van der Waals surface area contributed by atoms with E-state index in [9.17, 15) is 8.78 Å². The van der Waals surface area contributed by atoms with Crippen LogP contribution in [0.5, 0.6) is 0 Å². The van der Waals surface area contributed by atoms with Gasteiger partial charge >= 0.3 is 0 Å². The number of azo groups is 2. The fourth-order valence-electron chi connectivity index (χ4n) is 3.93. The molecule has 8 heteroatoms. The molecule has 6 nitrogen and oxygen atoms in total. The smallest absolute Gasteiger partial charge is 0.123 e. The molecular formula is C28H24F2N6. The van der Waals surface area contributed by atoms with Crippen molar-refractivity contribution in [3.05, 3.63) is 109 Å². The third-order valence-corrected chi connectivity index (χ3v) is 5.92. The first-order valence-electron chi connectivity index (χ1n) is 11.7. The topological polar surface area (TPSA) is 55.9 Å². The lowest BCUT2D eigenvalue weighted by atomic mass is 10.2. The zero-order valence-corrected chi connectivity index (χ0v) is 19.5.